The number of terminal acetylenes is 1. The molecule has 0 aliphatic heterocycles. The number of aliphatic hydroxyl groups is 1. The molecule has 4 rings (SSSR count). The van der Waals surface area contributed by atoms with Crippen molar-refractivity contribution >= 4 is 0 Å². The highest BCUT2D eigenvalue weighted by atomic mass is 16.5. The molecular formula is C30H50O2. The second-order valence-electron chi connectivity index (χ2n) is 13.0. The first-order valence-corrected chi connectivity index (χ1v) is 14.0. The lowest BCUT2D eigenvalue weighted by Crippen LogP contribution is -2.54. The van der Waals surface area contributed by atoms with E-state index in [-0.39, 0.29) is 0 Å². The predicted octanol–water partition coefficient (Wildman–Crippen LogP) is 7.10. The van der Waals surface area contributed by atoms with Crippen LogP contribution in [-0.2, 0) is 4.74 Å². The molecule has 0 amide bonds. The second kappa shape index (κ2) is 10.00. The van der Waals surface area contributed by atoms with Crippen LogP contribution in [0.4, 0.5) is 0 Å². The van der Waals surface area contributed by atoms with Crippen LogP contribution in [0.3, 0.4) is 0 Å². The minimum absolute atomic E-state index is 0.344. The fourth-order valence-electron chi connectivity index (χ4n) is 9.59. The summed E-state index contributed by atoms with van der Waals surface area (Å²) in [4.78, 5) is 0. The van der Waals surface area contributed by atoms with Gasteiger partial charge in [0.25, 0.3) is 0 Å². The largest absolute Gasteiger partial charge is 0.396 e. The van der Waals surface area contributed by atoms with Crippen LogP contribution in [0.5, 0.6) is 0 Å². The normalized spacial score (nSPS) is 45.2. The van der Waals surface area contributed by atoms with E-state index in [0.717, 1.165) is 35.5 Å². The molecule has 3 unspecified atom stereocenters. The summed E-state index contributed by atoms with van der Waals surface area (Å²) in [6.07, 6.45) is 22.2. The summed E-state index contributed by atoms with van der Waals surface area (Å²) in [5, 5.41) is 9.36. The Bertz CT molecular complexity index is 666. The van der Waals surface area contributed by atoms with E-state index in [2.05, 4.69) is 33.6 Å². The number of aliphatic hydroxyl groups excluding tert-OH is 1. The van der Waals surface area contributed by atoms with Gasteiger partial charge in [0, 0.05) is 6.61 Å². The van der Waals surface area contributed by atoms with Gasteiger partial charge >= 0.3 is 0 Å². The van der Waals surface area contributed by atoms with Crippen molar-refractivity contribution in [1.82, 2.24) is 0 Å². The zero-order chi connectivity index (χ0) is 22.9. The standard InChI is InChI=1S/C30H50O2/c1-6-18-32-24-14-16-29(4)23(19-24)10-11-25-27-13-12-26(30(27,5)17-15-28(25)29)22(3)9-7-8-21(2)20-31/h1,21-28,31H,7-20H2,2-5H3/t21?,22-,23?,24?,25+,26-,27+,28+,29+,30-/m1/s1. The molecule has 1 N–H and O–H groups in total. The topological polar surface area (TPSA) is 29.5 Å². The van der Waals surface area contributed by atoms with Gasteiger partial charge in [-0.05, 0) is 116 Å². The van der Waals surface area contributed by atoms with Crippen molar-refractivity contribution in [3.63, 3.8) is 0 Å². The number of hydrogen-bond donors (Lipinski definition) is 1. The van der Waals surface area contributed by atoms with Crippen molar-refractivity contribution in [2.75, 3.05) is 13.2 Å². The molecule has 0 aromatic heterocycles. The van der Waals surface area contributed by atoms with Crippen molar-refractivity contribution in [1.29, 1.82) is 0 Å². The van der Waals surface area contributed by atoms with Crippen LogP contribution >= 0.6 is 0 Å². The van der Waals surface area contributed by atoms with Crippen LogP contribution in [0.15, 0.2) is 0 Å². The lowest BCUT2D eigenvalue weighted by Gasteiger charge is -2.61. The maximum absolute atomic E-state index is 9.36. The van der Waals surface area contributed by atoms with Gasteiger partial charge in [-0.25, -0.2) is 0 Å². The number of hydrogen-bond acceptors (Lipinski definition) is 2. The Morgan fingerprint density at radius 2 is 1.72 bits per heavy atom. The lowest BCUT2D eigenvalue weighted by molar-refractivity contribution is -0.134. The van der Waals surface area contributed by atoms with E-state index < -0.39 is 0 Å². The monoisotopic (exact) mass is 442 g/mol. The van der Waals surface area contributed by atoms with Crippen molar-refractivity contribution in [3.05, 3.63) is 0 Å². The number of fused-ring (bicyclic) bond motifs is 5. The summed E-state index contributed by atoms with van der Waals surface area (Å²) in [6.45, 7) is 10.9. The molecule has 4 fully saturated rings. The predicted molar refractivity (Wildman–Crippen MR) is 133 cm³/mol. The van der Waals surface area contributed by atoms with Gasteiger partial charge in [-0.2, -0.15) is 0 Å². The summed E-state index contributed by atoms with van der Waals surface area (Å²) in [5.74, 6) is 8.59. The van der Waals surface area contributed by atoms with Crippen molar-refractivity contribution in [2.45, 2.75) is 111 Å². The lowest BCUT2D eigenvalue weighted by atomic mass is 9.44. The van der Waals surface area contributed by atoms with Gasteiger partial charge in [0.15, 0.2) is 0 Å². The Hall–Kier alpha value is -0.520. The molecule has 182 valence electrons. The molecule has 0 aromatic rings. The van der Waals surface area contributed by atoms with Crippen LogP contribution in [0, 0.1) is 64.6 Å². The van der Waals surface area contributed by atoms with E-state index in [9.17, 15) is 5.11 Å². The van der Waals surface area contributed by atoms with Crippen LogP contribution in [0.1, 0.15) is 105 Å². The molecule has 0 spiro atoms. The van der Waals surface area contributed by atoms with Gasteiger partial charge in [-0.3, -0.25) is 0 Å². The summed E-state index contributed by atoms with van der Waals surface area (Å²) in [6, 6.07) is 0. The van der Waals surface area contributed by atoms with Crippen LogP contribution in [0.25, 0.3) is 0 Å². The summed E-state index contributed by atoms with van der Waals surface area (Å²) in [5.41, 5.74) is 1.10. The molecule has 0 bridgehead atoms. The van der Waals surface area contributed by atoms with Gasteiger partial charge in [0.05, 0.1) is 6.10 Å². The summed E-state index contributed by atoms with van der Waals surface area (Å²) >= 11 is 0. The smallest absolute Gasteiger partial charge is 0.107 e. The Kier molecular flexibility index (Phi) is 7.68. The molecule has 4 aliphatic carbocycles. The molecule has 0 aromatic carbocycles. The fourth-order valence-corrected chi connectivity index (χ4v) is 9.59. The highest BCUT2D eigenvalue weighted by Crippen LogP contribution is 2.68. The van der Waals surface area contributed by atoms with Gasteiger partial charge < -0.3 is 9.84 Å². The molecule has 10 atom stereocenters. The maximum Gasteiger partial charge on any atom is 0.107 e. The van der Waals surface area contributed by atoms with E-state index in [0.29, 0.717) is 36.1 Å². The second-order valence-corrected chi connectivity index (χ2v) is 13.0. The summed E-state index contributed by atoms with van der Waals surface area (Å²) in [7, 11) is 0. The first-order chi connectivity index (χ1) is 15.3. The van der Waals surface area contributed by atoms with Crippen LogP contribution < -0.4 is 0 Å². The van der Waals surface area contributed by atoms with Crippen LogP contribution in [-0.4, -0.2) is 24.4 Å². The average Bonchev–Trinajstić information content (AvgIpc) is 3.14. The van der Waals surface area contributed by atoms with Crippen molar-refractivity contribution < 1.29 is 9.84 Å². The first kappa shape index (κ1) is 24.6. The molecule has 4 aliphatic rings. The Morgan fingerprint density at radius 3 is 2.47 bits per heavy atom. The zero-order valence-electron chi connectivity index (χ0n) is 21.5. The van der Waals surface area contributed by atoms with Crippen LogP contribution in [0.2, 0.25) is 0 Å². The van der Waals surface area contributed by atoms with Gasteiger partial charge in [0.1, 0.15) is 6.61 Å². The first-order valence-electron chi connectivity index (χ1n) is 14.0. The third-order valence-electron chi connectivity index (χ3n) is 11.4. The minimum Gasteiger partial charge on any atom is -0.396 e. The summed E-state index contributed by atoms with van der Waals surface area (Å²) < 4.78 is 5.99. The van der Waals surface area contributed by atoms with Gasteiger partial charge in [0.2, 0.25) is 0 Å². The molecule has 0 saturated heterocycles. The quantitative estimate of drug-likeness (QED) is 0.406. The third-order valence-corrected chi connectivity index (χ3v) is 11.4. The fraction of sp³-hybridized carbons (Fsp3) is 0.933. The highest BCUT2D eigenvalue weighted by Gasteiger charge is 2.60. The third kappa shape index (κ3) is 4.43. The molecule has 2 heteroatoms. The molecular weight excluding hydrogens is 392 g/mol. The van der Waals surface area contributed by atoms with E-state index in [1.165, 1.54) is 77.0 Å². The van der Waals surface area contributed by atoms with Crippen molar-refractivity contribution in [3.8, 4) is 12.3 Å². The molecule has 32 heavy (non-hydrogen) atoms. The van der Waals surface area contributed by atoms with Gasteiger partial charge in [-0.1, -0.05) is 46.5 Å². The number of ether oxygens (including phenoxy) is 1. The molecule has 2 nitrogen and oxygen atoms in total. The van der Waals surface area contributed by atoms with E-state index in [4.69, 9.17) is 11.2 Å². The SMILES string of the molecule is C#CCOC1CC[C@@]2(C)C(CC[C@H]3[C@@H]4CC[C@H]([C@H](C)CCCC(C)CO)[C@@]4(C)CC[C@@H]32)C1. The van der Waals surface area contributed by atoms with E-state index in [1.54, 1.807) is 0 Å². The Labute approximate surface area is 198 Å². The van der Waals surface area contributed by atoms with Gasteiger partial charge in [-0.15, -0.1) is 6.42 Å². The average molecular weight is 443 g/mol. The Morgan fingerprint density at radius 1 is 0.969 bits per heavy atom. The maximum atomic E-state index is 9.36. The Balaban J connectivity index is 1.40. The van der Waals surface area contributed by atoms with E-state index >= 15 is 0 Å². The zero-order valence-corrected chi connectivity index (χ0v) is 21.5. The molecule has 0 heterocycles. The van der Waals surface area contributed by atoms with Crippen molar-refractivity contribution in [2.24, 2.45) is 52.3 Å². The minimum atomic E-state index is 0.344. The van der Waals surface area contributed by atoms with E-state index in [1.807, 2.05) is 0 Å². The molecule has 0 radical (unpaired) electrons. The number of rotatable bonds is 8. The highest BCUT2D eigenvalue weighted by molar-refractivity contribution is 5.09. The molecule has 4 saturated carbocycles.